The molecule has 10 heteroatoms. The number of halogens is 1. The average Bonchev–Trinajstić information content (AvgIpc) is 2.77. The maximum Gasteiger partial charge on any atom is 0.356 e. The van der Waals surface area contributed by atoms with Crippen LogP contribution in [0.4, 0.5) is 17.2 Å². The maximum atomic E-state index is 11.8. The van der Waals surface area contributed by atoms with Crippen molar-refractivity contribution in [1.29, 1.82) is 0 Å². The fourth-order valence-electron chi connectivity index (χ4n) is 3.58. The molecule has 0 N–H and O–H groups in total. The Morgan fingerprint density at radius 3 is 2.57 bits per heavy atom. The van der Waals surface area contributed by atoms with Crippen molar-refractivity contribution < 1.29 is 14.5 Å². The van der Waals surface area contributed by atoms with E-state index in [1.807, 2.05) is 29.2 Å². The molecule has 0 bridgehead atoms. The zero-order valence-electron chi connectivity index (χ0n) is 16.1. The van der Waals surface area contributed by atoms with Crippen molar-refractivity contribution in [2.75, 3.05) is 43.1 Å². The lowest BCUT2D eigenvalue weighted by molar-refractivity contribution is -0.384. The third-order valence-corrected chi connectivity index (χ3v) is 5.28. The van der Waals surface area contributed by atoms with Gasteiger partial charge in [0.25, 0.3) is 0 Å². The summed E-state index contributed by atoms with van der Waals surface area (Å²) in [7, 11) is 1.25. The standard InChI is InChI=1S/C20H18ClN5O4/c1-30-20(27)15-4-5-18(26(28)29)19(23-15)25-10-8-24(9-11-25)17-6-7-22-16-12-13(21)2-3-14(16)17/h2-7,12H,8-11H2,1H3. The van der Waals surface area contributed by atoms with Crippen molar-refractivity contribution in [3.63, 3.8) is 0 Å². The summed E-state index contributed by atoms with van der Waals surface area (Å²) >= 11 is 6.07. The molecule has 0 spiro atoms. The third-order valence-electron chi connectivity index (χ3n) is 5.05. The highest BCUT2D eigenvalue weighted by molar-refractivity contribution is 6.31. The van der Waals surface area contributed by atoms with Crippen LogP contribution in [0, 0.1) is 10.1 Å². The number of hydrogen-bond acceptors (Lipinski definition) is 8. The Balaban J connectivity index is 1.60. The van der Waals surface area contributed by atoms with Gasteiger partial charge >= 0.3 is 11.7 Å². The van der Waals surface area contributed by atoms with Crippen molar-refractivity contribution in [2.24, 2.45) is 0 Å². The van der Waals surface area contributed by atoms with Gasteiger partial charge in [-0.1, -0.05) is 11.6 Å². The van der Waals surface area contributed by atoms with E-state index in [9.17, 15) is 14.9 Å². The summed E-state index contributed by atoms with van der Waals surface area (Å²) in [6.07, 6.45) is 1.74. The molecule has 1 saturated heterocycles. The SMILES string of the molecule is COC(=O)c1ccc([N+](=O)[O-])c(N2CCN(c3ccnc4cc(Cl)ccc34)CC2)n1. The minimum atomic E-state index is -0.633. The molecule has 4 rings (SSSR count). The second kappa shape index (κ2) is 8.11. The summed E-state index contributed by atoms with van der Waals surface area (Å²) in [6.45, 7) is 2.28. The minimum Gasteiger partial charge on any atom is -0.464 e. The smallest absolute Gasteiger partial charge is 0.356 e. The molecule has 9 nitrogen and oxygen atoms in total. The van der Waals surface area contributed by atoms with E-state index in [1.54, 1.807) is 6.20 Å². The number of nitrogens with zero attached hydrogens (tertiary/aromatic N) is 5. The number of esters is 1. The number of pyridine rings is 2. The number of anilines is 2. The van der Waals surface area contributed by atoms with E-state index < -0.39 is 10.9 Å². The Hall–Kier alpha value is -3.46. The first kappa shape index (κ1) is 19.8. The Labute approximate surface area is 177 Å². The fourth-order valence-corrected chi connectivity index (χ4v) is 3.74. The van der Waals surface area contributed by atoms with Crippen LogP contribution < -0.4 is 9.80 Å². The summed E-state index contributed by atoms with van der Waals surface area (Å²) in [5.41, 5.74) is 1.74. The normalized spacial score (nSPS) is 14.1. The molecular weight excluding hydrogens is 410 g/mol. The molecule has 1 fully saturated rings. The quantitative estimate of drug-likeness (QED) is 0.355. The fraction of sp³-hybridized carbons (Fsp3) is 0.250. The van der Waals surface area contributed by atoms with Gasteiger partial charge in [0.2, 0.25) is 5.82 Å². The number of piperazine rings is 1. The summed E-state index contributed by atoms with van der Waals surface area (Å²) in [5.74, 6) is -0.458. The van der Waals surface area contributed by atoms with E-state index in [2.05, 4.69) is 19.6 Å². The van der Waals surface area contributed by atoms with Gasteiger partial charge in [-0.25, -0.2) is 9.78 Å². The van der Waals surface area contributed by atoms with Gasteiger partial charge in [0.1, 0.15) is 0 Å². The van der Waals surface area contributed by atoms with Crippen LogP contribution in [-0.4, -0.2) is 54.1 Å². The Bertz CT molecular complexity index is 1130. The highest BCUT2D eigenvalue weighted by Crippen LogP contribution is 2.31. The van der Waals surface area contributed by atoms with Gasteiger partial charge in [0, 0.05) is 54.5 Å². The second-order valence-corrected chi connectivity index (χ2v) is 7.19. The molecular formula is C20H18ClN5O4. The molecule has 1 aromatic carbocycles. The van der Waals surface area contributed by atoms with Crippen LogP contribution in [0.2, 0.25) is 5.02 Å². The average molecular weight is 428 g/mol. The van der Waals surface area contributed by atoms with Crippen LogP contribution in [0.1, 0.15) is 10.5 Å². The molecule has 0 radical (unpaired) electrons. The van der Waals surface area contributed by atoms with E-state index in [4.69, 9.17) is 11.6 Å². The van der Waals surface area contributed by atoms with Gasteiger partial charge in [0.05, 0.1) is 17.5 Å². The second-order valence-electron chi connectivity index (χ2n) is 6.75. The van der Waals surface area contributed by atoms with E-state index in [0.717, 1.165) is 16.6 Å². The molecule has 1 aliphatic heterocycles. The number of nitro groups is 1. The lowest BCUT2D eigenvalue weighted by atomic mass is 10.1. The van der Waals surface area contributed by atoms with Gasteiger partial charge < -0.3 is 14.5 Å². The summed E-state index contributed by atoms with van der Waals surface area (Å²) < 4.78 is 4.69. The Kier molecular flexibility index (Phi) is 5.37. The predicted octanol–water partition coefficient (Wildman–Crippen LogP) is 3.30. The first-order chi connectivity index (χ1) is 14.5. The first-order valence-corrected chi connectivity index (χ1v) is 9.63. The number of hydrogen-bond donors (Lipinski definition) is 0. The number of carbonyl (C=O) groups is 1. The molecule has 2 aromatic heterocycles. The van der Waals surface area contributed by atoms with Crippen molar-refractivity contribution in [2.45, 2.75) is 0 Å². The van der Waals surface area contributed by atoms with Crippen LogP contribution >= 0.6 is 11.6 Å². The molecule has 3 aromatic rings. The van der Waals surface area contributed by atoms with Crippen molar-refractivity contribution in [1.82, 2.24) is 9.97 Å². The maximum absolute atomic E-state index is 11.8. The van der Waals surface area contributed by atoms with Crippen LogP contribution in [0.5, 0.6) is 0 Å². The minimum absolute atomic E-state index is 0.0394. The first-order valence-electron chi connectivity index (χ1n) is 9.26. The van der Waals surface area contributed by atoms with E-state index in [1.165, 1.54) is 19.2 Å². The zero-order chi connectivity index (χ0) is 21.3. The molecule has 30 heavy (non-hydrogen) atoms. The highest BCUT2D eigenvalue weighted by atomic mass is 35.5. The van der Waals surface area contributed by atoms with Crippen LogP contribution in [0.3, 0.4) is 0 Å². The van der Waals surface area contributed by atoms with Crippen molar-refractivity contribution in [3.8, 4) is 0 Å². The topological polar surface area (TPSA) is 102 Å². The number of carbonyl (C=O) groups excluding carboxylic acids is 1. The molecule has 0 atom stereocenters. The van der Waals surface area contributed by atoms with E-state index >= 15 is 0 Å². The van der Waals surface area contributed by atoms with Crippen LogP contribution in [0.25, 0.3) is 10.9 Å². The molecule has 0 aliphatic carbocycles. The Morgan fingerprint density at radius 2 is 1.87 bits per heavy atom. The van der Waals surface area contributed by atoms with E-state index in [-0.39, 0.29) is 17.2 Å². The molecule has 0 unspecified atom stereocenters. The predicted molar refractivity (Wildman–Crippen MR) is 113 cm³/mol. The number of benzene rings is 1. The van der Waals surface area contributed by atoms with E-state index in [0.29, 0.717) is 31.2 Å². The number of rotatable bonds is 4. The Morgan fingerprint density at radius 1 is 1.13 bits per heavy atom. The molecule has 0 saturated carbocycles. The van der Waals surface area contributed by atoms with Gasteiger partial charge in [-0.15, -0.1) is 0 Å². The molecule has 3 heterocycles. The summed E-state index contributed by atoms with van der Waals surface area (Å²) in [5, 5.41) is 13.1. The largest absolute Gasteiger partial charge is 0.464 e. The van der Waals surface area contributed by atoms with Gasteiger partial charge in [-0.3, -0.25) is 15.1 Å². The van der Waals surface area contributed by atoms with Gasteiger partial charge in [-0.2, -0.15) is 0 Å². The van der Waals surface area contributed by atoms with Gasteiger partial charge in [0.15, 0.2) is 5.69 Å². The van der Waals surface area contributed by atoms with Crippen LogP contribution in [-0.2, 0) is 4.74 Å². The zero-order valence-corrected chi connectivity index (χ0v) is 16.9. The molecule has 0 amide bonds. The van der Waals surface area contributed by atoms with Crippen molar-refractivity contribution >= 4 is 45.7 Å². The number of ether oxygens (including phenoxy) is 1. The van der Waals surface area contributed by atoms with Gasteiger partial charge in [-0.05, 0) is 30.3 Å². The third kappa shape index (κ3) is 3.71. The lowest BCUT2D eigenvalue weighted by Gasteiger charge is -2.36. The molecule has 154 valence electrons. The lowest BCUT2D eigenvalue weighted by Crippen LogP contribution is -2.47. The van der Waals surface area contributed by atoms with Crippen LogP contribution in [0.15, 0.2) is 42.6 Å². The number of fused-ring (bicyclic) bond motifs is 1. The summed E-state index contributed by atoms with van der Waals surface area (Å²) in [4.78, 5) is 35.4. The number of aromatic nitrogens is 2. The monoisotopic (exact) mass is 427 g/mol. The highest BCUT2D eigenvalue weighted by Gasteiger charge is 2.27. The van der Waals surface area contributed by atoms with Crippen molar-refractivity contribution in [3.05, 3.63) is 63.4 Å². The summed E-state index contributed by atoms with van der Waals surface area (Å²) in [6, 6.07) is 10.1. The molecule has 1 aliphatic rings. The number of methoxy groups -OCH3 is 1.